The fourth-order valence-corrected chi connectivity index (χ4v) is 2.47. The lowest BCUT2D eigenvalue weighted by molar-refractivity contribution is 0.0526. The molecule has 0 amide bonds. The molecule has 3 aromatic rings. The summed E-state index contributed by atoms with van der Waals surface area (Å²) in [6.07, 6.45) is 0. The van der Waals surface area contributed by atoms with E-state index in [1.807, 2.05) is 0 Å². The van der Waals surface area contributed by atoms with E-state index in [2.05, 4.69) is 4.98 Å². The Morgan fingerprint density at radius 2 is 2.05 bits per heavy atom. The van der Waals surface area contributed by atoms with Gasteiger partial charge in [0.05, 0.1) is 12.0 Å². The maximum atomic E-state index is 12.4. The van der Waals surface area contributed by atoms with Gasteiger partial charge in [-0.1, -0.05) is 23.2 Å². The minimum absolute atomic E-state index is 0.0350. The Kier molecular flexibility index (Phi) is 3.76. The number of carbonyl (C=O) groups is 1. The number of halogens is 2. The summed E-state index contributed by atoms with van der Waals surface area (Å²) < 4.78 is 10.5. The number of benzene rings is 1. The van der Waals surface area contributed by atoms with E-state index in [4.69, 9.17) is 32.4 Å². The van der Waals surface area contributed by atoms with Gasteiger partial charge in [0.2, 0.25) is 5.43 Å². The molecule has 0 saturated heterocycles. The first-order chi connectivity index (χ1) is 10.5. The lowest BCUT2D eigenvalue weighted by atomic mass is 10.2. The molecule has 0 unspecified atom stereocenters. The van der Waals surface area contributed by atoms with Crippen LogP contribution in [0.1, 0.15) is 17.3 Å². The number of esters is 1. The number of hydrogen-bond acceptors (Lipinski definition) is 5. The number of hydrogen-bond donors (Lipinski definition) is 0. The number of ether oxygens (including phenoxy) is 1. The highest BCUT2D eigenvalue weighted by Gasteiger charge is 2.18. The first kappa shape index (κ1) is 14.8. The molecule has 0 bridgehead atoms. The first-order valence-electron chi connectivity index (χ1n) is 6.41. The summed E-state index contributed by atoms with van der Waals surface area (Å²) in [5.41, 5.74) is 0.226. The van der Waals surface area contributed by atoms with Gasteiger partial charge in [0, 0.05) is 11.1 Å². The van der Waals surface area contributed by atoms with Crippen molar-refractivity contribution in [2.24, 2.45) is 0 Å². The fraction of sp³-hybridized carbons (Fsp3) is 0.133. The van der Waals surface area contributed by atoms with E-state index in [0.717, 1.165) is 0 Å². The van der Waals surface area contributed by atoms with Gasteiger partial charge in [-0.25, -0.2) is 9.78 Å². The molecular weight excluding hydrogens is 329 g/mol. The molecular formula is C15H9Cl2NO4. The number of aromatic nitrogens is 1. The van der Waals surface area contributed by atoms with Crippen molar-refractivity contribution in [1.82, 2.24) is 4.98 Å². The van der Waals surface area contributed by atoms with Crippen LogP contribution in [0.5, 0.6) is 0 Å². The summed E-state index contributed by atoms with van der Waals surface area (Å²) in [4.78, 5) is 28.2. The third-order valence-corrected chi connectivity index (χ3v) is 3.58. The van der Waals surface area contributed by atoms with Gasteiger partial charge in [0.15, 0.2) is 11.1 Å². The summed E-state index contributed by atoms with van der Waals surface area (Å²) in [6.45, 7) is 1.88. The van der Waals surface area contributed by atoms with E-state index in [9.17, 15) is 9.59 Å². The van der Waals surface area contributed by atoms with Crippen LogP contribution in [0.15, 0.2) is 33.5 Å². The molecule has 5 nitrogen and oxygen atoms in total. The van der Waals surface area contributed by atoms with Crippen LogP contribution in [-0.4, -0.2) is 17.6 Å². The molecule has 0 N–H and O–H groups in total. The second-order valence-corrected chi connectivity index (χ2v) is 5.26. The van der Waals surface area contributed by atoms with Gasteiger partial charge in [-0.2, -0.15) is 0 Å². The first-order valence-corrected chi connectivity index (χ1v) is 7.16. The van der Waals surface area contributed by atoms with E-state index in [0.29, 0.717) is 16.0 Å². The largest absolute Gasteiger partial charge is 0.462 e. The second kappa shape index (κ2) is 5.59. The van der Waals surface area contributed by atoms with Gasteiger partial charge in [-0.3, -0.25) is 4.79 Å². The summed E-state index contributed by atoms with van der Waals surface area (Å²) in [5, 5.41) is 0.598. The number of fused-ring (bicyclic) bond motifs is 2. The Balaban J connectivity index is 2.34. The van der Waals surface area contributed by atoms with Crippen molar-refractivity contribution in [2.75, 3.05) is 6.61 Å². The molecule has 0 radical (unpaired) electrons. The molecule has 1 aromatic carbocycles. The van der Waals surface area contributed by atoms with Crippen LogP contribution in [0, 0.1) is 0 Å². The topological polar surface area (TPSA) is 69.4 Å². The van der Waals surface area contributed by atoms with Gasteiger partial charge >= 0.3 is 5.97 Å². The zero-order chi connectivity index (χ0) is 15.9. The van der Waals surface area contributed by atoms with Crippen LogP contribution >= 0.6 is 23.2 Å². The second-order valence-electron chi connectivity index (χ2n) is 4.47. The standard InChI is InChI=1S/C15H9Cl2NO4/c1-2-21-15(20)9-6-11-12(18-14(9)17)13(19)8-5-7(16)3-4-10(8)22-11/h3-6H,2H2,1H3. The zero-order valence-electron chi connectivity index (χ0n) is 11.4. The van der Waals surface area contributed by atoms with Crippen LogP contribution in [0.25, 0.3) is 22.1 Å². The quantitative estimate of drug-likeness (QED) is 0.404. The molecule has 0 atom stereocenters. The van der Waals surface area contributed by atoms with Crippen molar-refractivity contribution in [1.29, 1.82) is 0 Å². The zero-order valence-corrected chi connectivity index (χ0v) is 12.9. The van der Waals surface area contributed by atoms with E-state index in [1.54, 1.807) is 19.1 Å². The molecule has 0 aliphatic heterocycles. The SMILES string of the molecule is CCOC(=O)c1cc2oc3ccc(Cl)cc3c(=O)c2nc1Cl. The Morgan fingerprint density at radius 1 is 1.27 bits per heavy atom. The Morgan fingerprint density at radius 3 is 2.77 bits per heavy atom. The van der Waals surface area contributed by atoms with Gasteiger partial charge in [0.25, 0.3) is 0 Å². The third kappa shape index (κ3) is 2.42. The molecule has 0 fully saturated rings. The van der Waals surface area contributed by atoms with Crippen LogP contribution in [-0.2, 0) is 4.74 Å². The van der Waals surface area contributed by atoms with Crippen molar-refractivity contribution in [3.63, 3.8) is 0 Å². The number of pyridine rings is 1. The average molecular weight is 338 g/mol. The van der Waals surface area contributed by atoms with E-state index < -0.39 is 5.97 Å². The van der Waals surface area contributed by atoms with Gasteiger partial charge in [-0.15, -0.1) is 0 Å². The van der Waals surface area contributed by atoms with Gasteiger partial charge < -0.3 is 9.15 Å². The number of rotatable bonds is 2. The normalized spacial score (nSPS) is 11.0. The summed E-state index contributed by atoms with van der Waals surface area (Å²) in [7, 11) is 0. The van der Waals surface area contributed by atoms with Crippen molar-refractivity contribution in [2.45, 2.75) is 6.92 Å². The lowest BCUT2D eigenvalue weighted by Gasteiger charge is -2.06. The maximum absolute atomic E-state index is 12.4. The smallest absolute Gasteiger partial charge is 0.341 e. The molecule has 0 aliphatic rings. The molecule has 0 spiro atoms. The minimum atomic E-state index is -0.624. The Hall–Kier alpha value is -2.11. The molecule has 112 valence electrons. The summed E-state index contributed by atoms with van der Waals surface area (Å²) in [5.74, 6) is -0.624. The third-order valence-electron chi connectivity index (χ3n) is 3.06. The molecule has 22 heavy (non-hydrogen) atoms. The highest BCUT2D eigenvalue weighted by atomic mass is 35.5. The van der Waals surface area contributed by atoms with E-state index in [1.165, 1.54) is 12.1 Å². The van der Waals surface area contributed by atoms with Crippen molar-refractivity contribution in [3.05, 3.63) is 50.2 Å². The van der Waals surface area contributed by atoms with Crippen molar-refractivity contribution < 1.29 is 13.9 Å². The molecule has 0 saturated carbocycles. The highest BCUT2D eigenvalue weighted by molar-refractivity contribution is 6.33. The average Bonchev–Trinajstić information content (AvgIpc) is 2.49. The number of carbonyl (C=O) groups excluding carboxylic acids is 1. The van der Waals surface area contributed by atoms with Crippen LogP contribution < -0.4 is 5.43 Å². The monoisotopic (exact) mass is 337 g/mol. The van der Waals surface area contributed by atoms with E-state index >= 15 is 0 Å². The summed E-state index contributed by atoms with van der Waals surface area (Å²) >= 11 is 11.9. The Bertz CT molecular complexity index is 965. The lowest BCUT2D eigenvalue weighted by Crippen LogP contribution is -2.09. The molecule has 3 rings (SSSR count). The minimum Gasteiger partial charge on any atom is -0.462 e. The Labute approximate surface area is 134 Å². The van der Waals surface area contributed by atoms with Gasteiger partial charge in [-0.05, 0) is 25.1 Å². The predicted octanol–water partition coefficient (Wildman–Crippen LogP) is 3.82. The molecule has 7 heteroatoms. The number of nitrogens with zero attached hydrogens (tertiary/aromatic N) is 1. The molecule has 0 aliphatic carbocycles. The van der Waals surface area contributed by atoms with Crippen molar-refractivity contribution in [3.8, 4) is 0 Å². The van der Waals surface area contributed by atoms with E-state index in [-0.39, 0.29) is 33.9 Å². The van der Waals surface area contributed by atoms with Crippen molar-refractivity contribution >= 4 is 51.2 Å². The van der Waals surface area contributed by atoms with Crippen LogP contribution in [0.4, 0.5) is 0 Å². The predicted molar refractivity (Wildman–Crippen MR) is 83.8 cm³/mol. The van der Waals surface area contributed by atoms with Gasteiger partial charge in [0.1, 0.15) is 16.3 Å². The molecule has 2 heterocycles. The van der Waals surface area contributed by atoms with Crippen LogP contribution in [0.3, 0.4) is 0 Å². The molecule has 2 aromatic heterocycles. The maximum Gasteiger partial charge on any atom is 0.341 e. The van der Waals surface area contributed by atoms with Crippen LogP contribution in [0.2, 0.25) is 10.2 Å². The highest BCUT2D eigenvalue weighted by Crippen LogP contribution is 2.24. The summed E-state index contributed by atoms with van der Waals surface area (Å²) in [6, 6.07) is 6.04. The fourth-order valence-electron chi connectivity index (χ4n) is 2.08.